The van der Waals surface area contributed by atoms with E-state index in [0.29, 0.717) is 25.2 Å². The van der Waals surface area contributed by atoms with Crippen molar-refractivity contribution in [2.75, 3.05) is 35.2 Å². The average molecular weight is 280 g/mol. The molecule has 0 aliphatic carbocycles. The van der Waals surface area contributed by atoms with Gasteiger partial charge in [0.1, 0.15) is 0 Å². The van der Waals surface area contributed by atoms with Crippen LogP contribution in [0.15, 0.2) is 18.3 Å². The van der Waals surface area contributed by atoms with Gasteiger partial charge < -0.3 is 10.6 Å². The number of hydrogen-bond donors (Lipinski definition) is 2. The fourth-order valence-corrected chi connectivity index (χ4v) is 3.72. The molecule has 0 radical (unpaired) electrons. The maximum absolute atomic E-state index is 11.6. The summed E-state index contributed by atoms with van der Waals surface area (Å²) < 4.78 is 23.3. The highest BCUT2D eigenvalue weighted by molar-refractivity contribution is 7.91. The summed E-state index contributed by atoms with van der Waals surface area (Å²) >= 11 is 0. The van der Waals surface area contributed by atoms with Crippen LogP contribution in [0.5, 0.6) is 0 Å². The fraction of sp³-hybridized carbons (Fsp3) is 0.417. The average Bonchev–Trinajstić information content (AvgIpc) is 2.71. The summed E-state index contributed by atoms with van der Waals surface area (Å²) in [5, 5.41) is 7.84. The van der Waals surface area contributed by atoms with Crippen molar-refractivity contribution < 1.29 is 8.42 Å². The van der Waals surface area contributed by atoms with Crippen LogP contribution in [0.2, 0.25) is 0 Å². The smallest absolute Gasteiger partial charge is 0.152 e. The zero-order valence-corrected chi connectivity index (χ0v) is 11.3. The van der Waals surface area contributed by atoms with Crippen LogP contribution in [0, 0.1) is 0 Å². The molecule has 1 aliphatic rings. The first-order chi connectivity index (χ1) is 9.05. The predicted molar refractivity (Wildman–Crippen MR) is 76.0 cm³/mol. The first-order valence-electron chi connectivity index (χ1n) is 6.23. The largest absolute Gasteiger partial charge is 0.397 e. The third-order valence-electron chi connectivity index (χ3n) is 3.48. The Morgan fingerprint density at radius 3 is 2.95 bits per heavy atom. The summed E-state index contributed by atoms with van der Waals surface area (Å²) in [7, 11) is -2.91. The van der Waals surface area contributed by atoms with Gasteiger partial charge in [0.2, 0.25) is 0 Å². The molecule has 19 heavy (non-hydrogen) atoms. The first-order valence-corrected chi connectivity index (χ1v) is 8.05. The van der Waals surface area contributed by atoms with E-state index in [1.807, 2.05) is 17.0 Å². The summed E-state index contributed by atoms with van der Waals surface area (Å²) in [6, 6.07) is 3.81. The molecule has 1 fully saturated rings. The number of nitrogens with one attached hydrogen (secondary N) is 1. The molecule has 0 unspecified atom stereocenters. The minimum absolute atomic E-state index is 0.188. The summed E-state index contributed by atoms with van der Waals surface area (Å²) in [5.41, 5.74) is 8.52. The van der Waals surface area contributed by atoms with Crippen molar-refractivity contribution in [3.63, 3.8) is 0 Å². The zero-order valence-electron chi connectivity index (χ0n) is 10.5. The number of aromatic amines is 1. The van der Waals surface area contributed by atoms with Crippen molar-refractivity contribution in [2.45, 2.75) is 6.42 Å². The third-order valence-corrected chi connectivity index (χ3v) is 5.20. The highest BCUT2D eigenvalue weighted by Crippen LogP contribution is 2.29. The zero-order chi connectivity index (χ0) is 13.5. The number of sulfone groups is 1. The second-order valence-corrected chi connectivity index (χ2v) is 7.16. The van der Waals surface area contributed by atoms with Gasteiger partial charge in [0, 0.05) is 18.5 Å². The molecule has 0 saturated carbocycles. The van der Waals surface area contributed by atoms with E-state index in [9.17, 15) is 8.42 Å². The minimum atomic E-state index is -2.91. The van der Waals surface area contributed by atoms with E-state index in [2.05, 4.69) is 10.2 Å². The number of anilines is 2. The van der Waals surface area contributed by atoms with Gasteiger partial charge in [0.15, 0.2) is 9.84 Å². The van der Waals surface area contributed by atoms with Crippen LogP contribution < -0.4 is 10.6 Å². The van der Waals surface area contributed by atoms with Gasteiger partial charge in [-0.3, -0.25) is 5.10 Å². The van der Waals surface area contributed by atoms with Crippen molar-refractivity contribution in [2.24, 2.45) is 0 Å². The molecule has 2 aromatic rings. The molecule has 102 valence electrons. The lowest BCUT2D eigenvalue weighted by Crippen LogP contribution is -2.27. The van der Waals surface area contributed by atoms with E-state index in [-0.39, 0.29) is 11.5 Å². The molecule has 0 amide bonds. The molecule has 3 N–H and O–H groups in total. The number of nitrogens with two attached hydrogens (primary N) is 1. The highest BCUT2D eigenvalue weighted by Gasteiger charge is 2.20. The van der Waals surface area contributed by atoms with Crippen molar-refractivity contribution >= 4 is 32.1 Å². The maximum Gasteiger partial charge on any atom is 0.152 e. The number of hydrogen-bond acceptors (Lipinski definition) is 5. The Morgan fingerprint density at radius 2 is 2.11 bits per heavy atom. The Hall–Kier alpha value is -1.76. The molecular formula is C12H16N4O2S. The third kappa shape index (κ3) is 2.37. The first kappa shape index (κ1) is 12.3. The van der Waals surface area contributed by atoms with Crippen LogP contribution in [-0.2, 0) is 9.84 Å². The maximum atomic E-state index is 11.6. The molecule has 1 aromatic heterocycles. The van der Waals surface area contributed by atoms with Crippen LogP contribution in [-0.4, -0.2) is 43.2 Å². The van der Waals surface area contributed by atoms with Gasteiger partial charge in [0.25, 0.3) is 0 Å². The number of H-pyrrole nitrogens is 1. The molecule has 3 rings (SSSR count). The molecule has 0 bridgehead atoms. The molecular weight excluding hydrogens is 264 g/mol. The number of nitrogens with zero attached hydrogens (tertiary/aromatic N) is 2. The molecule has 1 aromatic carbocycles. The molecule has 6 nitrogen and oxygen atoms in total. The number of aromatic nitrogens is 2. The van der Waals surface area contributed by atoms with E-state index in [4.69, 9.17) is 5.73 Å². The number of nitrogen functional groups attached to an aromatic ring is 1. The van der Waals surface area contributed by atoms with Crippen LogP contribution >= 0.6 is 0 Å². The van der Waals surface area contributed by atoms with E-state index < -0.39 is 9.84 Å². The van der Waals surface area contributed by atoms with Crippen LogP contribution in [0.25, 0.3) is 10.9 Å². The monoisotopic (exact) mass is 280 g/mol. The number of fused-ring (bicyclic) bond motifs is 1. The summed E-state index contributed by atoms with van der Waals surface area (Å²) in [4.78, 5) is 2.04. The molecule has 2 heterocycles. The van der Waals surface area contributed by atoms with Crippen molar-refractivity contribution in [1.29, 1.82) is 0 Å². The van der Waals surface area contributed by atoms with Crippen LogP contribution in [0.4, 0.5) is 11.4 Å². The minimum Gasteiger partial charge on any atom is -0.397 e. The van der Waals surface area contributed by atoms with E-state index in [1.54, 1.807) is 6.20 Å². The summed E-state index contributed by atoms with van der Waals surface area (Å²) in [6.07, 6.45) is 2.37. The van der Waals surface area contributed by atoms with Crippen LogP contribution in [0.3, 0.4) is 0 Å². The van der Waals surface area contributed by atoms with Gasteiger partial charge in [-0.25, -0.2) is 8.42 Å². The van der Waals surface area contributed by atoms with E-state index >= 15 is 0 Å². The second-order valence-electron chi connectivity index (χ2n) is 4.86. The molecule has 1 saturated heterocycles. The van der Waals surface area contributed by atoms with E-state index in [1.165, 1.54) is 0 Å². The van der Waals surface area contributed by atoms with E-state index in [0.717, 1.165) is 16.6 Å². The van der Waals surface area contributed by atoms with Crippen molar-refractivity contribution in [3.8, 4) is 0 Å². The van der Waals surface area contributed by atoms with Gasteiger partial charge in [-0.1, -0.05) is 0 Å². The molecule has 1 aliphatic heterocycles. The Kier molecular flexibility index (Phi) is 2.85. The number of rotatable bonds is 1. The Morgan fingerprint density at radius 1 is 1.26 bits per heavy atom. The number of benzene rings is 1. The Labute approximate surface area is 111 Å². The Bertz CT molecular complexity index is 708. The lowest BCUT2D eigenvalue weighted by atomic mass is 10.2. The SMILES string of the molecule is Nc1cc2cn[nH]c2cc1N1CCCS(=O)(=O)CC1. The Balaban J connectivity index is 1.96. The topological polar surface area (TPSA) is 92.1 Å². The summed E-state index contributed by atoms with van der Waals surface area (Å²) in [5.74, 6) is 0.448. The second kappa shape index (κ2) is 4.41. The molecule has 0 spiro atoms. The van der Waals surface area contributed by atoms with Gasteiger partial charge in [-0.05, 0) is 18.6 Å². The van der Waals surface area contributed by atoms with Gasteiger partial charge in [0.05, 0.1) is 34.6 Å². The predicted octanol–water partition coefficient (Wildman–Crippen LogP) is 0.770. The van der Waals surface area contributed by atoms with Crippen molar-refractivity contribution in [1.82, 2.24) is 10.2 Å². The lowest BCUT2D eigenvalue weighted by molar-refractivity contribution is 0.597. The normalized spacial score (nSPS) is 19.5. The van der Waals surface area contributed by atoms with Gasteiger partial charge in [-0.15, -0.1) is 0 Å². The molecule has 0 atom stereocenters. The summed E-state index contributed by atoms with van der Waals surface area (Å²) in [6.45, 7) is 1.20. The quantitative estimate of drug-likeness (QED) is 0.753. The molecule has 7 heteroatoms. The van der Waals surface area contributed by atoms with Gasteiger partial charge in [-0.2, -0.15) is 5.10 Å². The highest BCUT2D eigenvalue weighted by atomic mass is 32.2. The van der Waals surface area contributed by atoms with Crippen molar-refractivity contribution in [3.05, 3.63) is 18.3 Å². The van der Waals surface area contributed by atoms with Gasteiger partial charge >= 0.3 is 0 Å². The standard InChI is InChI=1S/C12H16N4O2S/c13-10-6-9-8-14-15-11(9)7-12(10)16-2-1-4-19(17,18)5-3-16/h6-8H,1-5,13H2,(H,14,15). The van der Waals surface area contributed by atoms with Crippen LogP contribution in [0.1, 0.15) is 6.42 Å². The fourth-order valence-electron chi connectivity index (χ4n) is 2.45. The lowest BCUT2D eigenvalue weighted by Gasteiger charge is -2.23.